The van der Waals surface area contributed by atoms with Crippen LogP contribution in [0.15, 0.2) is 4.52 Å². The quantitative estimate of drug-likeness (QED) is 0.892. The second-order valence-corrected chi connectivity index (χ2v) is 5.66. The van der Waals surface area contributed by atoms with Gasteiger partial charge in [0.2, 0.25) is 0 Å². The first kappa shape index (κ1) is 13.3. The number of hydrogen-bond acceptors (Lipinski definition) is 5. The summed E-state index contributed by atoms with van der Waals surface area (Å²) >= 11 is 0. The molecule has 102 valence electrons. The van der Waals surface area contributed by atoms with E-state index in [1.807, 2.05) is 0 Å². The van der Waals surface area contributed by atoms with E-state index in [0.29, 0.717) is 24.0 Å². The highest BCUT2D eigenvalue weighted by atomic mass is 16.5. The topological polar surface area (TPSA) is 54.2 Å². The number of rotatable bonds is 4. The Morgan fingerprint density at radius 1 is 1.22 bits per heavy atom. The summed E-state index contributed by atoms with van der Waals surface area (Å²) in [6, 6.07) is 1.67. The van der Waals surface area contributed by atoms with E-state index in [1.165, 1.54) is 0 Å². The highest BCUT2D eigenvalue weighted by Crippen LogP contribution is 2.18. The first-order valence-corrected chi connectivity index (χ1v) is 6.90. The normalized spacial score (nSPS) is 18.8. The van der Waals surface area contributed by atoms with Gasteiger partial charge in [0, 0.05) is 31.1 Å². The third-order valence-electron chi connectivity index (χ3n) is 3.55. The van der Waals surface area contributed by atoms with Crippen molar-refractivity contribution < 1.29 is 4.52 Å². The zero-order chi connectivity index (χ0) is 13.1. The summed E-state index contributed by atoms with van der Waals surface area (Å²) in [4.78, 5) is 6.86. The van der Waals surface area contributed by atoms with Gasteiger partial charge in [-0.2, -0.15) is 4.98 Å². The molecule has 0 aliphatic carbocycles. The van der Waals surface area contributed by atoms with Crippen LogP contribution in [-0.2, 0) is 0 Å². The van der Waals surface area contributed by atoms with Crippen molar-refractivity contribution in [1.29, 1.82) is 0 Å². The van der Waals surface area contributed by atoms with E-state index in [-0.39, 0.29) is 0 Å². The third-order valence-corrected chi connectivity index (χ3v) is 3.55. The smallest absolute Gasteiger partial charge is 0.321 e. The van der Waals surface area contributed by atoms with Crippen molar-refractivity contribution in [3.63, 3.8) is 0 Å². The maximum Gasteiger partial charge on any atom is 0.321 e. The Kier molecular flexibility index (Phi) is 4.22. The summed E-state index contributed by atoms with van der Waals surface area (Å²) in [5.41, 5.74) is 0. The van der Waals surface area contributed by atoms with Gasteiger partial charge in [-0.15, -0.1) is 0 Å². The van der Waals surface area contributed by atoms with Crippen molar-refractivity contribution >= 4 is 6.01 Å². The molecule has 1 aliphatic rings. The van der Waals surface area contributed by atoms with Crippen molar-refractivity contribution in [1.82, 2.24) is 15.0 Å². The molecule has 2 heterocycles. The molecule has 5 nitrogen and oxygen atoms in total. The van der Waals surface area contributed by atoms with Gasteiger partial charge in [-0.1, -0.05) is 19.0 Å². The maximum absolute atomic E-state index is 5.22. The van der Waals surface area contributed by atoms with Crippen LogP contribution in [-0.4, -0.2) is 40.2 Å². The van der Waals surface area contributed by atoms with Crippen molar-refractivity contribution in [2.24, 2.45) is 0 Å². The molecule has 1 aromatic heterocycles. The second-order valence-electron chi connectivity index (χ2n) is 5.66. The van der Waals surface area contributed by atoms with Gasteiger partial charge in [0.25, 0.3) is 0 Å². The van der Waals surface area contributed by atoms with Crippen LogP contribution >= 0.6 is 0 Å². The molecule has 0 radical (unpaired) electrons. The summed E-state index contributed by atoms with van der Waals surface area (Å²) < 4.78 is 5.22. The van der Waals surface area contributed by atoms with Crippen LogP contribution in [0.5, 0.6) is 0 Å². The summed E-state index contributed by atoms with van der Waals surface area (Å²) in [6.45, 7) is 10.9. The van der Waals surface area contributed by atoms with Crippen LogP contribution < -0.4 is 5.32 Å². The van der Waals surface area contributed by atoms with Crippen LogP contribution in [0.4, 0.5) is 6.01 Å². The Hall–Kier alpha value is -1.10. The average molecular weight is 252 g/mol. The molecule has 0 unspecified atom stereocenters. The molecule has 0 aromatic carbocycles. The Morgan fingerprint density at radius 3 is 2.39 bits per heavy atom. The van der Waals surface area contributed by atoms with Crippen LogP contribution in [0, 0.1) is 0 Å². The predicted molar refractivity (Wildman–Crippen MR) is 71.7 cm³/mol. The van der Waals surface area contributed by atoms with E-state index in [2.05, 4.69) is 48.1 Å². The predicted octanol–water partition coefficient (Wildman–Crippen LogP) is 2.48. The molecule has 5 heteroatoms. The summed E-state index contributed by atoms with van der Waals surface area (Å²) in [5, 5.41) is 7.31. The van der Waals surface area contributed by atoms with Crippen molar-refractivity contribution in [3.05, 3.63) is 5.82 Å². The van der Waals surface area contributed by atoms with Gasteiger partial charge in [0.15, 0.2) is 5.82 Å². The van der Waals surface area contributed by atoms with Gasteiger partial charge < -0.3 is 14.7 Å². The summed E-state index contributed by atoms with van der Waals surface area (Å²) in [7, 11) is 0. The first-order valence-electron chi connectivity index (χ1n) is 6.90. The highest BCUT2D eigenvalue weighted by Gasteiger charge is 2.22. The van der Waals surface area contributed by atoms with Gasteiger partial charge in [-0.25, -0.2) is 0 Å². The lowest BCUT2D eigenvalue weighted by Crippen LogP contribution is -2.42. The van der Waals surface area contributed by atoms with Gasteiger partial charge in [-0.3, -0.25) is 0 Å². The van der Waals surface area contributed by atoms with Crippen LogP contribution in [0.2, 0.25) is 0 Å². The minimum Gasteiger partial charge on any atom is -0.335 e. The fourth-order valence-electron chi connectivity index (χ4n) is 2.26. The molecule has 0 atom stereocenters. The van der Waals surface area contributed by atoms with Crippen molar-refractivity contribution in [2.45, 2.75) is 58.5 Å². The molecule has 0 spiro atoms. The van der Waals surface area contributed by atoms with Crippen LogP contribution in [0.25, 0.3) is 0 Å². The van der Waals surface area contributed by atoms with E-state index in [0.717, 1.165) is 31.8 Å². The number of hydrogen-bond donors (Lipinski definition) is 1. The number of likely N-dealkylation sites (tertiary alicyclic amines) is 1. The molecule has 1 aromatic rings. The molecule has 2 rings (SSSR count). The van der Waals surface area contributed by atoms with E-state index < -0.39 is 0 Å². The van der Waals surface area contributed by atoms with E-state index >= 15 is 0 Å². The molecular weight excluding hydrogens is 228 g/mol. The number of nitrogens with one attached hydrogen (secondary N) is 1. The summed E-state index contributed by atoms with van der Waals surface area (Å²) in [6.07, 6.45) is 2.27. The maximum atomic E-state index is 5.22. The van der Waals surface area contributed by atoms with Gasteiger partial charge in [0.05, 0.1) is 0 Å². The number of piperidine rings is 1. The highest BCUT2D eigenvalue weighted by molar-refractivity contribution is 5.21. The molecular formula is C13H24N4O. The summed E-state index contributed by atoms with van der Waals surface area (Å²) in [5.74, 6) is 1.09. The Morgan fingerprint density at radius 2 is 1.89 bits per heavy atom. The molecule has 0 amide bonds. The third kappa shape index (κ3) is 3.22. The number of nitrogens with zero attached hydrogens (tertiary/aromatic N) is 3. The lowest BCUT2D eigenvalue weighted by Gasteiger charge is -2.34. The Bertz CT molecular complexity index is 367. The monoisotopic (exact) mass is 252 g/mol. The number of aromatic nitrogens is 2. The van der Waals surface area contributed by atoms with E-state index in [9.17, 15) is 0 Å². The standard InChI is InChI=1S/C13H24N4O/c1-9(2)12-15-13(18-16-12)14-11-5-7-17(8-6-11)10(3)4/h9-11H,5-8H2,1-4H3,(H,14,15,16). The van der Waals surface area contributed by atoms with E-state index in [4.69, 9.17) is 4.52 Å². The van der Waals surface area contributed by atoms with Crippen LogP contribution in [0.1, 0.15) is 52.3 Å². The molecule has 18 heavy (non-hydrogen) atoms. The molecule has 1 aliphatic heterocycles. The average Bonchev–Trinajstić information content (AvgIpc) is 2.78. The van der Waals surface area contributed by atoms with Crippen molar-refractivity contribution in [3.8, 4) is 0 Å². The molecule has 1 N–H and O–H groups in total. The van der Waals surface area contributed by atoms with Crippen molar-refractivity contribution in [2.75, 3.05) is 18.4 Å². The number of anilines is 1. The molecule has 0 saturated carbocycles. The van der Waals surface area contributed by atoms with Gasteiger partial charge >= 0.3 is 6.01 Å². The van der Waals surface area contributed by atoms with Crippen LogP contribution in [0.3, 0.4) is 0 Å². The molecule has 1 saturated heterocycles. The first-order chi connectivity index (χ1) is 8.56. The fourth-order valence-corrected chi connectivity index (χ4v) is 2.26. The fraction of sp³-hybridized carbons (Fsp3) is 0.846. The lowest BCUT2D eigenvalue weighted by molar-refractivity contribution is 0.176. The SMILES string of the molecule is CC(C)c1noc(NC2CCN(C(C)C)CC2)n1. The largest absolute Gasteiger partial charge is 0.335 e. The van der Waals surface area contributed by atoms with Gasteiger partial charge in [-0.05, 0) is 26.7 Å². The Balaban J connectivity index is 1.84. The minimum absolute atomic E-state index is 0.312. The zero-order valence-electron chi connectivity index (χ0n) is 11.8. The zero-order valence-corrected chi connectivity index (χ0v) is 11.8. The second kappa shape index (κ2) is 5.69. The molecule has 1 fully saturated rings. The Labute approximate surface area is 109 Å². The minimum atomic E-state index is 0.312. The van der Waals surface area contributed by atoms with Gasteiger partial charge in [0.1, 0.15) is 0 Å². The van der Waals surface area contributed by atoms with E-state index in [1.54, 1.807) is 0 Å². The molecule has 0 bridgehead atoms. The lowest BCUT2D eigenvalue weighted by atomic mass is 10.0.